The van der Waals surface area contributed by atoms with Crippen LogP contribution in [0.3, 0.4) is 0 Å². The van der Waals surface area contributed by atoms with Gasteiger partial charge in [-0.25, -0.2) is 0 Å². The normalized spacial score (nSPS) is 10.8. The first-order chi connectivity index (χ1) is 4.35. The molecule has 0 amide bonds. The van der Waals surface area contributed by atoms with Crippen LogP contribution in [0.1, 0.15) is 12.8 Å². The molecule has 0 aliphatic carbocycles. The molecule has 0 bridgehead atoms. The zero-order chi connectivity index (χ0) is 7.11. The van der Waals surface area contributed by atoms with Crippen molar-refractivity contribution in [1.29, 1.82) is 0 Å². The molecule has 1 radical (unpaired) electrons. The topological polar surface area (TPSA) is 34.1 Å². The van der Waals surface area contributed by atoms with Crippen molar-refractivity contribution in [3.8, 4) is 0 Å². The summed E-state index contributed by atoms with van der Waals surface area (Å²) < 4.78 is 0. The Morgan fingerprint density at radius 2 is 2.10 bits per heavy atom. The number of hydrogen-bond donors (Lipinski definition) is 0. The van der Waals surface area contributed by atoms with Gasteiger partial charge < -0.3 is 4.79 Å². The van der Waals surface area contributed by atoms with E-state index in [1.165, 1.54) is 0 Å². The number of rotatable bonds is 5. The van der Waals surface area contributed by atoms with Crippen molar-refractivity contribution in [2.75, 3.05) is 0 Å². The minimum absolute atomic E-state index is 0. The Balaban J connectivity index is 0. The Labute approximate surface area is 72.9 Å². The molecule has 0 N–H and O–H groups in total. The molecule has 0 saturated carbocycles. The van der Waals surface area contributed by atoms with E-state index in [9.17, 15) is 9.59 Å². The van der Waals surface area contributed by atoms with E-state index in [1.54, 1.807) is 12.4 Å². The third kappa shape index (κ3) is 5.81. The van der Waals surface area contributed by atoms with Gasteiger partial charge in [-0.3, -0.25) is 4.79 Å². The molecule has 0 saturated heterocycles. The molecule has 0 aliphatic heterocycles. The SMILES string of the molecule is C=CCC([C]=O)CC=O.[LiH]. The second-order valence-electron chi connectivity index (χ2n) is 1.74. The van der Waals surface area contributed by atoms with Gasteiger partial charge in [0.1, 0.15) is 6.29 Å². The van der Waals surface area contributed by atoms with E-state index >= 15 is 0 Å². The van der Waals surface area contributed by atoms with E-state index in [4.69, 9.17) is 0 Å². The van der Waals surface area contributed by atoms with Gasteiger partial charge in [0, 0.05) is 12.3 Å². The Kier molecular flexibility index (Phi) is 10.7. The molecule has 0 heterocycles. The van der Waals surface area contributed by atoms with E-state index in [0.29, 0.717) is 6.42 Å². The molecule has 0 fully saturated rings. The zero-order valence-electron chi connectivity index (χ0n) is 5.17. The maximum atomic E-state index is 9.95. The van der Waals surface area contributed by atoms with E-state index < -0.39 is 0 Å². The quantitative estimate of drug-likeness (QED) is 0.305. The van der Waals surface area contributed by atoms with Crippen LogP contribution in [0, 0.1) is 5.92 Å². The van der Waals surface area contributed by atoms with Gasteiger partial charge in [0.25, 0.3) is 0 Å². The Hall–Kier alpha value is -0.323. The van der Waals surface area contributed by atoms with E-state index in [0.717, 1.165) is 6.29 Å². The molecule has 0 aliphatic rings. The predicted octanol–water partition coefficient (Wildman–Crippen LogP) is 0.229. The number of aldehydes is 1. The molecular weight excluding hydrogens is 123 g/mol. The Morgan fingerprint density at radius 3 is 2.40 bits per heavy atom. The molecule has 51 valence electrons. The second-order valence-corrected chi connectivity index (χ2v) is 1.74. The molecule has 0 rings (SSSR count). The van der Waals surface area contributed by atoms with Crippen LogP contribution in [0.5, 0.6) is 0 Å². The third-order valence-electron chi connectivity index (χ3n) is 0.999. The predicted molar refractivity (Wildman–Crippen MR) is 41.8 cm³/mol. The van der Waals surface area contributed by atoms with Crippen LogP contribution in [0.4, 0.5) is 0 Å². The zero-order valence-corrected chi connectivity index (χ0v) is 5.17. The Morgan fingerprint density at radius 1 is 1.50 bits per heavy atom. The van der Waals surface area contributed by atoms with Crippen molar-refractivity contribution < 1.29 is 9.59 Å². The average Bonchev–Trinajstić information content (AvgIpc) is 1.88. The summed E-state index contributed by atoms with van der Waals surface area (Å²) in [4.78, 5) is 19.8. The molecule has 0 aromatic carbocycles. The molecule has 1 unspecified atom stereocenters. The van der Waals surface area contributed by atoms with Crippen molar-refractivity contribution in [3.63, 3.8) is 0 Å². The van der Waals surface area contributed by atoms with E-state index in [-0.39, 0.29) is 31.2 Å². The van der Waals surface area contributed by atoms with Gasteiger partial charge in [-0.2, -0.15) is 0 Å². The summed E-state index contributed by atoms with van der Waals surface area (Å²) in [5, 5.41) is 0. The van der Waals surface area contributed by atoms with Crippen LogP contribution < -0.4 is 0 Å². The molecule has 0 aromatic heterocycles. The van der Waals surface area contributed by atoms with Gasteiger partial charge >= 0.3 is 18.9 Å². The number of carbonyl (C=O) groups excluding carboxylic acids is 2. The number of carbonyl (C=O) groups is 1. The fourth-order valence-electron chi connectivity index (χ4n) is 0.510. The van der Waals surface area contributed by atoms with Gasteiger partial charge in [0.2, 0.25) is 6.29 Å². The van der Waals surface area contributed by atoms with Crippen molar-refractivity contribution in [1.82, 2.24) is 0 Å². The van der Waals surface area contributed by atoms with Gasteiger partial charge in [0.15, 0.2) is 0 Å². The summed E-state index contributed by atoms with van der Waals surface area (Å²) in [6.07, 6.45) is 4.89. The van der Waals surface area contributed by atoms with Crippen LogP contribution in [0.25, 0.3) is 0 Å². The monoisotopic (exact) mass is 133 g/mol. The van der Waals surface area contributed by atoms with Gasteiger partial charge in [-0.05, 0) is 6.42 Å². The first-order valence-corrected chi connectivity index (χ1v) is 2.77. The van der Waals surface area contributed by atoms with Crippen molar-refractivity contribution >= 4 is 31.4 Å². The molecule has 3 heteroatoms. The van der Waals surface area contributed by atoms with Gasteiger partial charge in [-0.15, -0.1) is 6.58 Å². The Bertz CT molecular complexity index is 102. The summed E-state index contributed by atoms with van der Waals surface area (Å²) in [5.74, 6) is -0.278. The first kappa shape index (κ1) is 12.4. The van der Waals surface area contributed by atoms with Crippen LogP contribution in [-0.4, -0.2) is 31.4 Å². The average molecular weight is 133 g/mol. The van der Waals surface area contributed by atoms with Crippen molar-refractivity contribution in [3.05, 3.63) is 12.7 Å². The molecule has 2 nitrogen and oxygen atoms in total. The second kappa shape index (κ2) is 8.68. The molecule has 10 heavy (non-hydrogen) atoms. The van der Waals surface area contributed by atoms with Crippen LogP contribution in [-0.2, 0) is 9.59 Å². The maximum absolute atomic E-state index is 9.95. The standard InChI is InChI=1S/C7H9O2.Li.H/c1-2-3-7(6-9)4-5-8;;/h2,5,7H,1,3-4H2;;. The van der Waals surface area contributed by atoms with Gasteiger partial charge in [0.05, 0.1) is 0 Å². The molecule has 0 aromatic rings. The summed E-state index contributed by atoms with van der Waals surface area (Å²) in [7, 11) is 0. The molecule has 0 spiro atoms. The van der Waals surface area contributed by atoms with Crippen molar-refractivity contribution in [2.24, 2.45) is 5.92 Å². The summed E-state index contributed by atoms with van der Waals surface area (Å²) in [5.41, 5.74) is 0. The van der Waals surface area contributed by atoms with Crippen LogP contribution in [0.15, 0.2) is 12.7 Å². The fourth-order valence-corrected chi connectivity index (χ4v) is 0.510. The third-order valence-corrected chi connectivity index (χ3v) is 0.999. The molecular formula is C7H10LiO2. The molecule has 1 atom stereocenters. The fraction of sp³-hybridized carbons (Fsp3) is 0.429. The summed E-state index contributed by atoms with van der Waals surface area (Å²) >= 11 is 0. The van der Waals surface area contributed by atoms with Crippen molar-refractivity contribution in [2.45, 2.75) is 12.8 Å². The van der Waals surface area contributed by atoms with E-state index in [1.807, 2.05) is 0 Å². The van der Waals surface area contributed by atoms with Gasteiger partial charge in [-0.1, -0.05) is 6.08 Å². The minimum atomic E-state index is -0.278. The van der Waals surface area contributed by atoms with Crippen LogP contribution in [0.2, 0.25) is 0 Å². The summed E-state index contributed by atoms with van der Waals surface area (Å²) in [6.45, 7) is 3.44. The summed E-state index contributed by atoms with van der Waals surface area (Å²) in [6, 6.07) is 0. The number of hydrogen-bond acceptors (Lipinski definition) is 2. The van der Waals surface area contributed by atoms with E-state index in [2.05, 4.69) is 6.58 Å². The first-order valence-electron chi connectivity index (χ1n) is 2.77. The van der Waals surface area contributed by atoms with Crippen LogP contribution >= 0.6 is 0 Å². The number of allylic oxidation sites excluding steroid dienone is 1.